The van der Waals surface area contributed by atoms with Crippen molar-refractivity contribution in [2.75, 3.05) is 13.1 Å². The van der Waals surface area contributed by atoms with Crippen LogP contribution in [0.4, 0.5) is 13.2 Å². The van der Waals surface area contributed by atoms with Crippen LogP contribution in [0.2, 0.25) is 0 Å². The summed E-state index contributed by atoms with van der Waals surface area (Å²) >= 11 is 0. The van der Waals surface area contributed by atoms with Crippen molar-refractivity contribution in [3.8, 4) is 0 Å². The molecule has 19 heavy (non-hydrogen) atoms. The average molecular weight is 268 g/mol. The third kappa shape index (κ3) is 2.16. The van der Waals surface area contributed by atoms with Crippen molar-refractivity contribution in [3.05, 3.63) is 35.7 Å². The zero-order valence-electron chi connectivity index (χ0n) is 10.6. The fourth-order valence-electron chi connectivity index (χ4n) is 3.12. The summed E-state index contributed by atoms with van der Waals surface area (Å²) in [4.78, 5) is 5.92. The molecule has 5 heteroatoms. The highest BCUT2D eigenvalue weighted by Gasteiger charge is 2.39. The topological polar surface area (TPSA) is 16.1 Å². The van der Waals surface area contributed by atoms with Crippen LogP contribution in [-0.4, -0.2) is 29.0 Å². The summed E-state index contributed by atoms with van der Waals surface area (Å²) < 4.78 is 37.4. The first kappa shape index (κ1) is 12.7. The van der Waals surface area contributed by atoms with Crippen LogP contribution < -0.4 is 0 Å². The Hall–Kier alpha value is -1.36. The molecule has 0 aromatic carbocycles. The summed E-state index contributed by atoms with van der Waals surface area (Å²) in [6.45, 7) is 4.16. The van der Waals surface area contributed by atoms with E-state index in [1.54, 1.807) is 0 Å². The first-order valence-corrected chi connectivity index (χ1v) is 6.48. The van der Waals surface area contributed by atoms with Gasteiger partial charge in [-0.3, -0.25) is 9.88 Å². The van der Waals surface area contributed by atoms with Gasteiger partial charge < -0.3 is 0 Å². The molecule has 3 rings (SSSR count). The van der Waals surface area contributed by atoms with E-state index >= 15 is 0 Å². The number of pyridine rings is 1. The van der Waals surface area contributed by atoms with E-state index in [0.29, 0.717) is 12.0 Å². The summed E-state index contributed by atoms with van der Waals surface area (Å²) in [5.74, 6) is 0.544. The number of halogens is 3. The molecule has 1 fully saturated rings. The maximum Gasteiger partial charge on any atom is 0.433 e. The molecular weight excluding hydrogens is 253 g/mol. The van der Waals surface area contributed by atoms with Gasteiger partial charge in [0.05, 0.1) is 0 Å². The minimum absolute atomic E-state index is 0.355. The number of likely N-dealkylation sites (N-methyl/N-ethyl adjacent to an activating group) is 1. The zero-order chi connectivity index (χ0) is 13.6. The van der Waals surface area contributed by atoms with Gasteiger partial charge >= 0.3 is 6.18 Å². The first-order chi connectivity index (χ1) is 8.99. The number of alkyl halides is 3. The second-order valence-corrected chi connectivity index (χ2v) is 5.15. The van der Waals surface area contributed by atoms with E-state index in [2.05, 4.69) is 22.9 Å². The number of aromatic nitrogens is 1. The normalized spacial score (nSPS) is 26.8. The summed E-state index contributed by atoms with van der Waals surface area (Å²) in [5, 5.41) is 0. The Bertz CT molecular complexity index is 504. The number of hydrogen-bond acceptors (Lipinski definition) is 2. The number of nitrogens with zero attached hydrogens (tertiary/aromatic N) is 2. The van der Waals surface area contributed by atoms with Gasteiger partial charge in [-0.25, -0.2) is 0 Å². The number of hydrogen-bond donors (Lipinski definition) is 0. The average Bonchev–Trinajstić information content (AvgIpc) is 2.97. The molecule has 0 radical (unpaired) electrons. The Labute approximate surface area is 109 Å². The second kappa shape index (κ2) is 4.34. The Morgan fingerprint density at radius 2 is 2.16 bits per heavy atom. The van der Waals surface area contributed by atoms with Crippen LogP contribution in [0, 0.1) is 5.92 Å². The van der Waals surface area contributed by atoms with Gasteiger partial charge in [-0.15, -0.1) is 0 Å². The van der Waals surface area contributed by atoms with Gasteiger partial charge in [-0.2, -0.15) is 13.2 Å². The third-order valence-electron chi connectivity index (χ3n) is 4.00. The standard InChI is InChI=1S/C14H15F3N2/c1-2-19-8-9-5-11(12(19)6-9)10-3-4-13(18-7-10)14(15,16)17/h3-5,7,9,12H,2,6,8H2,1H3. The fourth-order valence-corrected chi connectivity index (χ4v) is 3.12. The molecule has 1 aliphatic heterocycles. The smallest absolute Gasteiger partial charge is 0.296 e. The highest BCUT2D eigenvalue weighted by Crippen LogP contribution is 2.41. The van der Waals surface area contributed by atoms with E-state index < -0.39 is 11.9 Å². The van der Waals surface area contributed by atoms with E-state index in [9.17, 15) is 13.2 Å². The van der Waals surface area contributed by atoms with Gasteiger partial charge in [0.25, 0.3) is 0 Å². The summed E-state index contributed by atoms with van der Waals surface area (Å²) in [6.07, 6.45) is 0.269. The maximum absolute atomic E-state index is 12.5. The highest BCUT2D eigenvalue weighted by atomic mass is 19.4. The lowest BCUT2D eigenvalue weighted by Crippen LogP contribution is -2.31. The molecule has 2 atom stereocenters. The summed E-state index contributed by atoms with van der Waals surface area (Å²) in [7, 11) is 0. The summed E-state index contributed by atoms with van der Waals surface area (Å²) in [6, 6.07) is 2.96. The number of fused-ring (bicyclic) bond motifs is 2. The van der Waals surface area contributed by atoms with Crippen LogP contribution >= 0.6 is 0 Å². The molecule has 0 saturated carbocycles. The molecule has 2 bridgehead atoms. The molecule has 2 aliphatic rings. The van der Waals surface area contributed by atoms with Crippen molar-refractivity contribution in [3.63, 3.8) is 0 Å². The molecule has 1 aliphatic carbocycles. The predicted molar refractivity (Wildman–Crippen MR) is 66.4 cm³/mol. The minimum Gasteiger partial charge on any atom is -0.296 e. The fraction of sp³-hybridized carbons (Fsp3) is 0.500. The van der Waals surface area contributed by atoms with Crippen molar-refractivity contribution >= 4 is 5.57 Å². The Balaban J connectivity index is 1.86. The quantitative estimate of drug-likeness (QED) is 0.818. The van der Waals surface area contributed by atoms with Crippen molar-refractivity contribution < 1.29 is 13.2 Å². The zero-order valence-corrected chi connectivity index (χ0v) is 10.6. The van der Waals surface area contributed by atoms with E-state index in [1.165, 1.54) is 12.3 Å². The van der Waals surface area contributed by atoms with Gasteiger partial charge in [-0.05, 0) is 36.1 Å². The van der Waals surface area contributed by atoms with Gasteiger partial charge in [0.15, 0.2) is 0 Å². The van der Waals surface area contributed by atoms with Crippen LogP contribution in [0.25, 0.3) is 5.57 Å². The first-order valence-electron chi connectivity index (χ1n) is 6.48. The summed E-state index contributed by atoms with van der Waals surface area (Å²) in [5.41, 5.74) is 1.13. The van der Waals surface area contributed by atoms with Crippen LogP contribution in [0.3, 0.4) is 0 Å². The lowest BCUT2D eigenvalue weighted by Gasteiger charge is -2.27. The lowest BCUT2D eigenvalue weighted by molar-refractivity contribution is -0.141. The van der Waals surface area contributed by atoms with Crippen molar-refractivity contribution in [2.45, 2.75) is 25.6 Å². The van der Waals surface area contributed by atoms with E-state index in [0.717, 1.165) is 36.7 Å². The van der Waals surface area contributed by atoms with Gasteiger partial charge in [0.1, 0.15) is 5.69 Å². The van der Waals surface area contributed by atoms with Crippen LogP contribution in [0.1, 0.15) is 24.6 Å². The SMILES string of the molecule is CCN1CC2C=C(c3ccc(C(F)(F)F)nc3)C1C2. The maximum atomic E-state index is 12.5. The van der Waals surface area contributed by atoms with Gasteiger partial charge in [0.2, 0.25) is 0 Å². The minimum atomic E-state index is -4.36. The van der Waals surface area contributed by atoms with Crippen molar-refractivity contribution in [2.24, 2.45) is 5.92 Å². The van der Waals surface area contributed by atoms with E-state index in [-0.39, 0.29) is 0 Å². The molecule has 2 unspecified atom stereocenters. The highest BCUT2D eigenvalue weighted by molar-refractivity contribution is 5.72. The molecule has 0 spiro atoms. The van der Waals surface area contributed by atoms with E-state index in [1.807, 2.05) is 0 Å². The molecular formula is C14H15F3N2. The Morgan fingerprint density at radius 3 is 2.68 bits per heavy atom. The Kier molecular flexibility index (Phi) is 2.89. The molecule has 1 aromatic heterocycles. The third-order valence-corrected chi connectivity index (χ3v) is 4.00. The largest absolute Gasteiger partial charge is 0.433 e. The van der Waals surface area contributed by atoms with Crippen LogP contribution in [0.5, 0.6) is 0 Å². The molecule has 0 N–H and O–H groups in total. The predicted octanol–water partition coefficient (Wildman–Crippen LogP) is 3.21. The number of rotatable bonds is 2. The number of likely N-dealkylation sites (tertiary alicyclic amines) is 1. The molecule has 2 heterocycles. The molecule has 102 valence electrons. The Morgan fingerprint density at radius 1 is 1.37 bits per heavy atom. The van der Waals surface area contributed by atoms with Crippen molar-refractivity contribution in [1.82, 2.24) is 9.88 Å². The lowest BCUT2D eigenvalue weighted by atomic mass is 10.0. The van der Waals surface area contributed by atoms with E-state index in [4.69, 9.17) is 0 Å². The van der Waals surface area contributed by atoms with Crippen molar-refractivity contribution in [1.29, 1.82) is 0 Å². The second-order valence-electron chi connectivity index (χ2n) is 5.15. The van der Waals surface area contributed by atoms with Gasteiger partial charge in [-0.1, -0.05) is 19.1 Å². The van der Waals surface area contributed by atoms with Crippen LogP contribution in [0.15, 0.2) is 24.4 Å². The van der Waals surface area contributed by atoms with Crippen LogP contribution in [-0.2, 0) is 6.18 Å². The molecule has 2 nitrogen and oxygen atoms in total. The molecule has 1 aromatic rings. The molecule has 0 amide bonds. The molecule has 1 saturated heterocycles. The monoisotopic (exact) mass is 268 g/mol. The van der Waals surface area contributed by atoms with Gasteiger partial charge in [0, 0.05) is 18.8 Å².